The molecule has 0 saturated carbocycles. The number of rotatable bonds is 14. The van der Waals surface area contributed by atoms with Crippen molar-refractivity contribution in [2.45, 2.75) is 35.2 Å². The molecule has 4 aromatic carbocycles. The number of carbonyl (C=O) groups excluding carboxylic acids is 2. The van der Waals surface area contributed by atoms with E-state index in [-0.39, 0.29) is 29.1 Å². The highest BCUT2D eigenvalue weighted by atomic mass is 32.2. The molecule has 8 rings (SSSR count). The van der Waals surface area contributed by atoms with Crippen molar-refractivity contribution in [1.29, 1.82) is 0 Å². The lowest BCUT2D eigenvalue weighted by atomic mass is 9.94. The van der Waals surface area contributed by atoms with Gasteiger partial charge in [-0.25, -0.2) is 31.9 Å². The zero-order valence-corrected chi connectivity index (χ0v) is 34.7. The third-order valence-corrected chi connectivity index (χ3v) is 13.7. The second-order valence-corrected chi connectivity index (χ2v) is 18.2. The average molecular weight is 870 g/mol. The summed E-state index contributed by atoms with van der Waals surface area (Å²) in [7, 11) is -4.49. The van der Waals surface area contributed by atoms with Crippen LogP contribution in [-0.2, 0) is 27.7 Å². The molecule has 0 spiro atoms. The highest BCUT2D eigenvalue weighted by Gasteiger charge is 2.26. The number of hydrogen-bond acceptors (Lipinski definition) is 12. The summed E-state index contributed by atoms with van der Waals surface area (Å²) >= 11 is 2.83. The Hall–Kier alpha value is -5.46. The van der Waals surface area contributed by atoms with E-state index in [1.807, 2.05) is 52.1 Å². The quantitative estimate of drug-likeness (QED) is 0.0957. The number of fused-ring (bicyclic) bond motifs is 2. The van der Waals surface area contributed by atoms with Crippen molar-refractivity contribution in [2.24, 2.45) is 0 Å². The molecule has 0 radical (unpaired) electrons. The third-order valence-electron chi connectivity index (χ3n) is 10.3. The van der Waals surface area contributed by atoms with E-state index in [2.05, 4.69) is 25.5 Å². The van der Waals surface area contributed by atoms with Gasteiger partial charge in [0.05, 0.1) is 34.0 Å². The molecule has 0 unspecified atom stereocenters. The first-order valence-corrected chi connectivity index (χ1v) is 22.7. The molecule has 17 heteroatoms. The molecular weight excluding hydrogens is 829 g/mol. The second-order valence-electron chi connectivity index (χ2n) is 14.4. The summed E-state index contributed by atoms with van der Waals surface area (Å²) in [6.45, 7) is 4.63. The number of nitrogens with one attached hydrogen (secondary N) is 3. The van der Waals surface area contributed by atoms with Crippen LogP contribution in [-0.4, -0.2) is 86.3 Å². The number of anilines is 3. The lowest BCUT2D eigenvalue weighted by molar-refractivity contribution is 0.0370. The van der Waals surface area contributed by atoms with Crippen molar-refractivity contribution in [3.8, 4) is 0 Å². The van der Waals surface area contributed by atoms with Crippen LogP contribution in [0.3, 0.4) is 0 Å². The van der Waals surface area contributed by atoms with Crippen LogP contribution in [0.1, 0.15) is 38.4 Å². The Bertz CT molecular complexity index is 2630. The summed E-state index contributed by atoms with van der Waals surface area (Å²) in [6, 6.07) is 27.8. The molecule has 3 N–H and O–H groups in total. The summed E-state index contributed by atoms with van der Waals surface area (Å²) in [5, 5.41) is 6.47. The largest absolute Gasteiger partial charge is 0.379 e. The number of amides is 2. The van der Waals surface area contributed by atoms with E-state index in [4.69, 9.17) is 4.74 Å². The number of hydrogen-bond donors (Lipinski definition) is 3. The van der Waals surface area contributed by atoms with Crippen LogP contribution >= 0.6 is 23.1 Å². The maximum Gasteiger partial charge on any atom is 0.283 e. The first-order chi connectivity index (χ1) is 29.1. The fraction of sp³-hybridized carbons (Fsp3) is 0.256. The van der Waals surface area contributed by atoms with E-state index >= 15 is 4.39 Å². The number of thiazole rings is 1. The van der Waals surface area contributed by atoms with Crippen LogP contribution < -0.4 is 20.3 Å². The predicted octanol–water partition coefficient (Wildman–Crippen LogP) is 7.20. The van der Waals surface area contributed by atoms with E-state index in [9.17, 15) is 22.4 Å². The Morgan fingerprint density at radius 3 is 2.52 bits per heavy atom. The number of carbonyl (C=O) groups is 2. The minimum atomic E-state index is -4.49. The lowest BCUT2D eigenvalue weighted by Crippen LogP contribution is -2.39. The van der Waals surface area contributed by atoms with Crippen molar-refractivity contribution < 1.29 is 31.5 Å². The van der Waals surface area contributed by atoms with E-state index in [0.29, 0.717) is 65.2 Å². The summed E-state index contributed by atoms with van der Waals surface area (Å²) in [5.41, 5.74) is 2.77. The maximum atomic E-state index is 15.6. The molecule has 4 heterocycles. The number of aromatic nitrogens is 2. The van der Waals surface area contributed by atoms with Crippen LogP contribution in [0.5, 0.6) is 0 Å². The number of nitrogens with zero attached hydrogens (tertiary/aromatic N) is 4. The first-order valence-electron chi connectivity index (χ1n) is 19.4. The molecule has 60 heavy (non-hydrogen) atoms. The molecule has 0 bridgehead atoms. The number of benzene rings is 4. The van der Waals surface area contributed by atoms with E-state index < -0.39 is 26.6 Å². The predicted molar refractivity (Wildman–Crippen MR) is 230 cm³/mol. The molecule has 6 aromatic rings. The molecule has 12 nitrogen and oxygen atoms in total. The van der Waals surface area contributed by atoms with Crippen molar-refractivity contribution >= 4 is 71.8 Å². The topological polar surface area (TPSA) is 146 Å². The number of ether oxygens (including phenoxy) is 1. The van der Waals surface area contributed by atoms with Gasteiger partial charge in [0.15, 0.2) is 5.13 Å². The normalized spacial score (nSPS) is 15.0. The molecule has 2 aliphatic heterocycles. The molecule has 1 fully saturated rings. The summed E-state index contributed by atoms with van der Waals surface area (Å²) in [6.07, 6.45) is 1.32. The van der Waals surface area contributed by atoms with Gasteiger partial charge < -0.3 is 15.0 Å². The summed E-state index contributed by atoms with van der Waals surface area (Å²) in [5.74, 6) is -1.43. The van der Waals surface area contributed by atoms with Crippen molar-refractivity contribution in [3.05, 3.63) is 137 Å². The van der Waals surface area contributed by atoms with Gasteiger partial charge in [-0.2, -0.15) is 0 Å². The molecule has 2 amide bonds. The van der Waals surface area contributed by atoms with Gasteiger partial charge in [-0.15, -0.1) is 11.8 Å². The van der Waals surface area contributed by atoms with Gasteiger partial charge in [-0.05, 0) is 90.7 Å². The van der Waals surface area contributed by atoms with Crippen molar-refractivity contribution in [3.63, 3.8) is 0 Å². The standard InChI is InChI=1S/C43H41F2N7O5S3/c44-29-12-14-37-39(24-29)59-43(48-37)49-41(53)33-9-4-6-28-16-19-52(26-34(28)33)40-11-5-10-38(47-40)42(54)50-60(55,56)32-13-15-36(35(45)25-32)46-30(17-18-51-20-22-57-23-21-51)27-58-31-7-2-1-3-8-31/h1-15,24-25,30,46H,16-23,26-27H2,(H,50,54)(H,48,49,53)/t30-/m1/s1. The van der Waals surface area contributed by atoms with Crippen molar-refractivity contribution in [2.75, 3.05) is 60.7 Å². The van der Waals surface area contributed by atoms with Gasteiger partial charge in [0.2, 0.25) is 0 Å². The number of pyridine rings is 1. The molecule has 1 atom stereocenters. The van der Waals surface area contributed by atoms with Crippen LogP contribution in [0.25, 0.3) is 10.2 Å². The second kappa shape index (κ2) is 18.4. The SMILES string of the molecule is O=C(NS(=O)(=O)c1ccc(N[C@H](CCN2CCOCC2)CSc2ccccc2)c(F)c1)c1cccc(N2CCc3cccc(C(=O)Nc4nc5ccc(F)cc5s4)c3C2)n1. The van der Waals surface area contributed by atoms with Crippen LogP contribution in [0.15, 0.2) is 113 Å². The van der Waals surface area contributed by atoms with Crippen molar-refractivity contribution in [1.82, 2.24) is 19.6 Å². The lowest BCUT2D eigenvalue weighted by Gasteiger charge is -2.31. The fourth-order valence-electron chi connectivity index (χ4n) is 7.14. The molecule has 2 aromatic heterocycles. The van der Waals surface area contributed by atoms with Gasteiger partial charge in [0.1, 0.15) is 23.1 Å². The Morgan fingerprint density at radius 2 is 1.70 bits per heavy atom. The highest BCUT2D eigenvalue weighted by Crippen LogP contribution is 2.30. The Balaban J connectivity index is 0.922. The third kappa shape index (κ3) is 9.93. The average Bonchev–Trinajstić information content (AvgIpc) is 3.66. The Morgan fingerprint density at radius 1 is 0.883 bits per heavy atom. The van der Waals surface area contributed by atoms with Gasteiger partial charge in [0, 0.05) is 55.0 Å². The highest BCUT2D eigenvalue weighted by molar-refractivity contribution is 7.99. The molecular formula is C43H41F2N7O5S3. The molecule has 2 aliphatic rings. The van der Waals surface area contributed by atoms with Gasteiger partial charge >= 0.3 is 0 Å². The zero-order chi connectivity index (χ0) is 41.6. The maximum absolute atomic E-state index is 15.6. The number of halogens is 2. The van der Waals surface area contributed by atoms with Gasteiger partial charge in [-0.1, -0.05) is 47.7 Å². The number of thioether (sulfide) groups is 1. The molecule has 1 saturated heterocycles. The Labute approximate surface area is 354 Å². The fourth-order valence-corrected chi connectivity index (χ4v) is 9.99. The minimum Gasteiger partial charge on any atom is -0.379 e. The van der Waals surface area contributed by atoms with E-state index in [1.165, 1.54) is 41.7 Å². The molecule has 0 aliphatic carbocycles. The summed E-state index contributed by atoms with van der Waals surface area (Å²) in [4.78, 5) is 40.7. The monoisotopic (exact) mass is 869 g/mol. The van der Waals surface area contributed by atoms with Crippen LogP contribution in [0, 0.1) is 11.6 Å². The van der Waals surface area contributed by atoms with E-state index in [1.54, 1.807) is 36.0 Å². The zero-order valence-electron chi connectivity index (χ0n) is 32.3. The number of sulfonamides is 1. The van der Waals surface area contributed by atoms with E-state index in [0.717, 1.165) is 48.1 Å². The Kier molecular flexibility index (Phi) is 12.7. The number of morpholine rings is 1. The van der Waals surface area contributed by atoms with Crippen LogP contribution in [0.4, 0.5) is 25.4 Å². The smallest absolute Gasteiger partial charge is 0.283 e. The van der Waals surface area contributed by atoms with Gasteiger partial charge in [0.25, 0.3) is 21.8 Å². The minimum absolute atomic E-state index is 0.122. The van der Waals surface area contributed by atoms with Crippen LogP contribution in [0.2, 0.25) is 0 Å². The molecule has 310 valence electrons. The summed E-state index contributed by atoms with van der Waals surface area (Å²) < 4.78 is 64.4. The first kappa shape index (κ1) is 41.3. The van der Waals surface area contributed by atoms with Gasteiger partial charge in [-0.3, -0.25) is 19.8 Å².